The number of benzene rings is 1. The van der Waals surface area contributed by atoms with Gasteiger partial charge in [-0.05, 0) is 37.0 Å². The van der Waals surface area contributed by atoms with Crippen LogP contribution in [0.4, 0.5) is 15.8 Å². The Kier molecular flexibility index (Phi) is 6.15. The van der Waals surface area contributed by atoms with Gasteiger partial charge in [-0.2, -0.15) is 0 Å². The van der Waals surface area contributed by atoms with Gasteiger partial charge in [0.1, 0.15) is 5.69 Å². The Balaban J connectivity index is 1.19. The number of aliphatic hydroxyl groups is 1. The maximum Gasteiger partial charge on any atom is 0.354 e. The van der Waals surface area contributed by atoms with Crippen LogP contribution in [0.3, 0.4) is 0 Å². The van der Waals surface area contributed by atoms with Crippen molar-refractivity contribution in [3.05, 3.63) is 53.6 Å². The summed E-state index contributed by atoms with van der Waals surface area (Å²) in [5.74, 6) is -0.886. The third-order valence-electron chi connectivity index (χ3n) is 5.93. The lowest BCUT2D eigenvalue weighted by Crippen LogP contribution is -2.53. The van der Waals surface area contributed by atoms with Crippen LogP contribution in [0.25, 0.3) is 0 Å². The van der Waals surface area contributed by atoms with Crippen molar-refractivity contribution in [1.82, 2.24) is 4.98 Å². The number of aromatic carboxylic acids is 1. The number of anilines is 2. The Morgan fingerprint density at radius 2 is 1.93 bits per heavy atom. The molecule has 0 amide bonds. The number of aliphatic hydroxyl groups excluding tert-OH is 1. The average molecular weight is 415 g/mol. The van der Waals surface area contributed by atoms with E-state index in [0.29, 0.717) is 36.9 Å². The van der Waals surface area contributed by atoms with Crippen molar-refractivity contribution in [2.24, 2.45) is 5.92 Å². The van der Waals surface area contributed by atoms with E-state index in [-0.39, 0.29) is 24.2 Å². The molecule has 0 bridgehead atoms. The number of aromatic nitrogens is 1. The Hall–Kier alpha value is -2.71. The smallest absolute Gasteiger partial charge is 0.354 e. The number of pyridine rings is 1. The summed E-state index contributed by atoms with van der Waals surface area (Å²) >= 11 is 0. The molecular formula is C22H26FN3O4. The van der Waals surface area contributed by atoms with Crippen LogP contribution in [0.15, 0.2) is 36.5 Å². The summed E-state index contributed by atoms with van der Waals surface area (Å²) < 4.78 is 20.3. The van der Waals surface area contributed by atoms with E-state index in [1.807, 2.05) is 4.90 Å². The third-order valence-corrected chi connectivity index (χ3v) is 5.93. The zero-order valence-corrected chi connectivity index (χ0v) is 16.7. The summed E-state index contributed by atoms with van der Waals surface area (Å²) in [6.45, 7) is 3.49. The molecule has 2 aliphatic rings. The van der Waals surface area contributed by atoms with Crippen LogP contribution in [-0.2, 0) is 11.3 Å². The van der Waals surface area contributed by atoms with Gasteiger partial charge < -0.3 is 24.7 Å². The minimum absolute atomic E-state index is 0.0551. The number of piperidine rings is 1. The van der Waals surface area contributed by atoms with Crippen molar-refractivity contribution in [2.45, 2.75) is 25.6 Å². The van der Waals surface area contributed by atoms with Crippen LogP contribution in [0.1, 0.15) is 28.9 Å². The lowest BCUT2D eigenvalue weighted by atomic mass is 9.97. The molecule has 2 saturated heterocycles. The van der Waals surface area contributed by atoms with Gasteiger partial charge in [-0.3, -0.25) is 0 Å². The number of carboxylic acids is 1. The molecule has 0 unspecified atom stereocenters. The summed E-state index contributed by atoms with van der Waals surface area (Å²) in [4.78, 5) is 19.1. The number of carboxylic acid groups (broad SMARTS) is 1. The minimum atomic E-state index is -1.02. The number of halogens is 1. The first-order chi connectivity index (χ1) is 14.5. The van der Waals surface area contributed by atoms with E-state index in [0.717, 1.165) is 31.6 Å². The number of carbonyl (C=O) groups is 1. The van der Waals surface area contributed by atoms with Crippen LogP contribution in [0.5, 0.6) is 0 Å². The van der Waals surface area contributed by atoms with Crippen molar-refractivity contribution in [3.8, 4) is 0 Å². The van der Waals surface area contributed by atoms with Gasteiger partial charge in [0.15, 0.2) is 5.82 Å². The first kappa shape index (κ1) is 20.6. The molecule has 1 aromatic carbocycles. The van der Waals surface area contributed by atoms with Gasteiger partial charge in [0.2, 0.25) is 0 Å². The molecule has 0 spiro atoms. The second kappa shape index (κ2) is 8.97. The predicted molar refractivity (Wildman–Crippen MR) is 110 cm³/mol. The number of hydrogen-bond donors (Lipinski definition) is 2. The van der Waals surface area contributed by atoms with E-state index >= 15 is 0 Å². The number of rotatable bonds is 7. The fraction of sp³-hybridized carbons (Fsp3) is 0.455. The summed E-state index contributed by atoms with van der Waals surface area (Å²) in [6.07, 6.45) is 3.73. The van der Waals surface area contributed by atoms with Crippen LogP contribution < -0.4 is 9.80 Å². The van der Waals surface area contributed by atoms with Gasteiger partial charge >= 0.3 is 5.97 Å². The lowest BCUT2D eigenvalue weighted by molar-refractivity contribution is 0.00807. The van der Waals surface area contributed by atoms with Crippen molar-refractivity contribution in [1.29, 1.82) is 0 Å². The van der Waals surface area contributed by atoms with Gasteiger partial charge in [-0.15, -0.1) is 0 Å². The van der Waals surface area contributed by atoms with E-state index in [4.69, 9.17) is 9.84 Å². The number of nitrogens with zero attached hydrogens (tertiary/aromatic N) is 3. The van der Waals surface area contributed by atoms with Gasteiger partial charge in [-0.25, -0.2) is 14.2 Å². The van der Waals surface area contributed by atoms with Crippen molar-refractivity contribution < 1.29 is 24.1 Å². The SMILES string of the molecule is O=C(O)c1ccc(N2CCC(COC3CN(c4cccc(CO)c4F)C3)CC2)cn1. The first-order valence-corrected chi connectivity index (χ1v) is 10.2. The molecule has 2 fully saturated rings. The number of hydrogen-bond acceptors (Lipinski definition) is 6. The highest BCUT2D eigenvalue weighted by Gasteiger charge is 2.31. The van der Waals surface area contributed by atoms with Gasteiger partial charge in [0.05, 0.1) is 36.9 Å². The van der Waals surface area contributed by atoms with E-state index in [1.54, 1.807) is 30.5 Å². The Morgan fingerprint density at radius 1 is 1.17 bits per heavy atom. The normalized spacial score (nSPS) is 17.8. The molecule has 8 heteroatoms. The zero-order valence-electron chi connectivity index (χ0n) is 16.7. The van der Waals surface area contributed by atoms with Gasteiger partial charge in [-0.1, -0.05) is 12.1 Å². The maximum absolute atomic E-state index is 14.3. The number of ether oxygens (including phenoxy) is 1. The molecule has 0 atom stereocenters. The zero-order chi connectivity index (χ0) is 21.1. The molecule has 7 nitrogen and oxygen atoms in total. The van der Waals surface area contributed by atoms with Crippen LogP contribution in [-0.4, -0.2) is 60.1 Å². The maximum atomic E-state index is 14.3. The molecule has 0 aliphatic carbocycles. The second-order valence-electron chi connectivity index (χ2n) is 7.91. The van der Waals surface area contributed by atoms with Crippen LogP contribution in [0, 0.1) is 11.7 Å². The molecule has 0 saturated carbocycles. The summed E-state index contributed by atoms with van der Waals surface area (Å²) in [5.41, 5.74) is 1.84. The Labute approximate surface area is 174 Å². The molecule has 2 aliphatic heterocycles. The van der Waals surface area contributed by atoms with Crippen molar-refractivity contribution in [3.63, 3.8) is 0 Å². The third kappa shape index (κ3) is 4.39. The predicted octanol–water partition coefficient (Wildman–Crippen LogP) is 2.53. The van der Waals surface area contributed by atoms with Crippen LogP contribution >= 0.6 is 0 Å². The van der Waals surface area contributed by atoms with Gasteiger partial charge in [0, 0.05) is 31.7 Å². The molecule has 0 radical (unpaired) electrons. The van der Waals surface area contributed by atoms with E-state index in [9.17, 15) is 14.3 Å². The molecule has 4 rings (SSSR count). The molecule has 3 heterocycles. The minimum Gasteiger partial charge on any atom is -0.477 e. The molecule has 2 N–H and O–H groups in total. The largest absolute Gasteiger partial charge is 0.477 e. The summed E-state index contributed by atoms with van der Waals surface area (Å²) in [5, 5.41) is 18.2. The highest BCUT2D eigenvalue weighted by Crippen LogP contribution is 2.29. The first-order valence-electron chi connectivity index (χ1n) is 10.2. The fourth-order valence-corrected chi connectivity index (χ4v) is 4.00. The highest BCUT2D eigenvalue weighted by molar-refractivity contribution is 5.85. The van der Waals surface area contributed by atoms with Crippen molar-refractivity contribution >= 4 is 17.3 Å². The topological polar surface area (TPSA) is 86.1 Å². The molecule has 30 heavy (non-hydrogen) atoms. The van der Waals surface area contributed by atoms with E-state index < -0.39 is 5.97 Å². The Morgan fingerprint density at radius 3 is 2.57 bits per heavy atom. The Bertz CT molecular complexity index is 878. The van der Waals surface area contributed by atoms with Gasteiger partial charge in [0.25, 0.3) is 0 Å². The fourth-order valence-electron chi connectivity index (χ4n) is 4.00. The molecule has 1 aromatic heterocycles. The quantitative estimate of drug-likeness (QED) is 0.719. The summed E-state index contributed by atoms with van der Waals surface area (Å²) in [7, 11) is 0. The van der Waals surface area contributed by atoms with E-state index in [1.165, 1.54) is 6.07 Å². The highest BCUT2D eigenvalue weighted by atomic mass is 19.1. The molecule has 160 valence electrons. The molecule has 2 aromatic rings. The second-order valence-corrected chi connectivity index (χ2v) is 7.91. The monoisotopic (exact) mass is 415 g/mol. The molecular weight excluding hydrogens is 389 g/mol. The van der Waals surface area contributed by atoms with Crippen LogP contribution in [0.2, 0.25) is 0 Å². The summed E-state index contributed by atoms with van der Waals surface area (Å²) in [6, 6.07) is 8.43. The van der Waals surface area contributed by atoms with E-state index in [2.05, 4.69) is 9.88 Å². The standard InChI is InChI=1S/C22H26FN3O4/c23-21-16(13-27)2-1-3-20(21)26-11-18(12-26)30-14-15-6-8-25(9-7-15)17-4-5-19(22(28)29)24-10-17/h1-5,10,15,18,27H,6-9,11-14H2,(H,28,29). The van der Waals surface area contributed by atoms with Crippen molar-refractivity contribution in [2.75, 3.05) is 42.6 Å². The average Bonchev–Trinajstić information content (AvgIpc) is 2.74. The lowest BCUT2D eigenvalue weighted by Gasteiger charge is -2.42.